The summed E-state index contributed by atoms with van der Waals surface area (Å²) in [6, 6.07) is 9.75. The molecule has 0 spiro atoms. The predicted molar refractivity (Wildman–Crippen MR) is 93.2 cm³/mol. The lowest BCUT2D eigenvalue weighted by atomic mass is 10.1. The van der Waals surface area contributed by atoms with Crippen LogP contribution in [0.4, 0.5) is 5.82 Å². The van der Waals surface area contributed by atoms with Gasteiger partial charge in [-0.15, -0.1) is 0 Å². The molecule has 0 saturated carbocycles. The molecule has 3 aromatic rings. The lowest BCUT2D eigenvalue weighted by Gasteiger charge is -2.35. The van der Waals surface area contributed by atoms with Crippen LogP contribution >= 0.6 is 0 Å². The van der Waals surface area contributed by atoms with Crippen LogP contribution in [-0.4, -0.2) is 51.9 Å². The summed E-state index contributed by atoms with van der Waals surface area (Å²) in [5, 5.41) is 1.02. The molecule has 1 aromatic carbocycles. The normalized spacial score (nSPS) is 15.0. The molecule has 24 heavy (non-hydrogen) atoms. The molecule has 1 amide bonds. The van der Waals surface area contributed by atoms with Crippen LogP contribution in [0.2, 0.25) is 0 Å². The summed E-state index contributed by atoms with van der Waals surface area (Å²) >= 11 is 0. The lowest BCUT2D eigenvalue weighted by molar-refractivity contribution is 0.0746. The maximum Gasteiger partial charge on any atom is 0.254 e. The Bertz CT molecular complexity index is 880. The monoisotopic (exact) mass is 321 g/mol. The summed E-state index contributed by atoms with van der Waals surface area (Å²) in [5.74, 6) is 1.05. The summed E-state index contributed by atoms with van der Waals surface area (Å²) in [6.07, 6.45) is 3.46. The Labute approximate surface area is 140 Å². The fraction of sp³-hybridized carbons (Fsp3) is 0.278. The van der Waals surface area contributed by atoms with Crippen molar-refractivity contribution in [3.8, 4) is 0 Å². The van der Waals surface area contributed by atoms with Crippen molar-refractivity contribution in [2.24, 2.45) is 0 Å². The summed E-state index contributed by atoms with van der Waals surface area (Å²) in [7, 11) is 0. The number of aryl methyl sites for hydroxylation is 1. The minimum atomic E-state index is 0.113. The topological polar surface area (TPSA) is 65.1 Å². The molecule has 2 aromatic heterocycles. The summed E-state index contributed by atoms with van der Waals surface area (Å²) in [4.78, 5) is 28.6. The smallest absolute Gasteiger partial charge is 0.254 e. The van der Waals surface area contributed by atoms with E-state index < -0.39 is 0 Å². The molecule has 1 aliphatic rings. The number of benzene rings is 1. The van der Waals surface area contributed by atoms with E-state index in [1.807, 2.05) is 48.4 Å². The largest absolute Gasteiger partial charge is 0.352 e. The molecule has 6 heteroatoms. The summed E-state index contributed by atoms with van der Waals surface area (Å²) in [5.41, 5.74) is 2.66. The molecule has 1 aliphatic heterocycles. The first-order chi connectivity index (χ1) is 11.7. The van der Waals surface area contributed by atoms with E-state index >= 15 is 0 Å². The highest BCUT2D eigenvalue weighted by molar-refractivity contribution is 5.96. The number of nitrogens with zero attached hydrogens (tertiary/aromatic N) is 4. The van der Waals surface area contributed by atoms with Crippen LogP contribution in [0.25, 0.3) is 11.0 Å². The second-order valence-corrected chi connectivity index (χ2v) is 6.03. The van der Waals surface area contributed by atoms with Crippen molar-refractivity contribution >= 4 is 22.8 Å². The molecule has 0 bridgehead atoms. The highest BCUT2D eigenvalue weighted by Gasteiger charge is 2.24. The van der Waals surface area contributed by atoms with Gasteiger partial charge in [0.15, 0.2) is 0 Å². The number of H-pyrrole nitrogens is 1. The van der Waals surface area contributed by atoms with Gasteiger partial charge in [-0.1, -0.05) is 18.2 Å². The van der Waals surface area contributed by atoms with Gasteiger partial charge in [0, 0.05) is 37.9 Å². The van der Waals surface area contributed by atoms with Gasteiger partial charge in [0.25, 0.3) is 5.91 Å². The van der Waals surface area contributed by atoms with E-state index in [1.165, 1.54) is 0 Å². The highest BCUT2D eigenvalue weighted by atomic mass is 16.2. The zero-order valence-electron chi connectivity index (χ0n) is 13.6. The molecular weight excluding hydrogens is 302 g/mol. The van der Waals surface area contributed by atoms with E-state index in [0.29, 0.717) is 13.1 Å². The van der Waals surface area contributed by atoms with Gasteiger partial charge < -0.3 is 14.8 Å². The number of carbonyl (C=O) groups excluding carboxylic acids is 1. The van der Waals surface area contributed by atoms with Crippen molar-refractivity contribution in [3.63, 3.8) is 0 Å². The third-order valence-corrected chi connectivity index (χ3v) is 4.57. The fourth-order valence-corrected chi connectivity index (χ4v) is 3.22. The van der Waals surface area contributed by atoms with E-state index in [0.717, 1.165) is 41.1 Å². The Morgan fingerprint density at radius 3 is 2.67 bits per heavy atom. The van der Waals surface area contributed by atoms with Crippen LogP contribution in [0, 0.1) is 6.92 Å². The van der Waals surface area contributed by atoms with E-state index in [2.05, 4.69) is 19.9 Å². The Kier molecular flexibility index (Phi) is 3.65. The number of hydrogen-bond donors (Lipinski definition) is 1. The number of carbonyl (C=O) groups is 1. The molecule has 1 saturated heterocycles. The predicted octanol–water partition coefficient (Wildman–Crippen LogP) is 2.23. The van der Waals surface area contributed by atoms with Gasteiger partial charge in [-0.25, -0.2) is 9.97 Å². The first-order valence-corrected chi connectivity index (χ1v) is 8.12. The van der Waals surface area contributed by atoms with Gasteiger partial charge in [0.1, 0.15) is 17.8 Å². The average molecular weight is 321 g/mol. The first kappa shape index (κ1) is 14.7. The molecule has 6 nitrogen and oxygen atoms in total. The van der Waals surface area contributed by atoms with Crippen molar-refractivity contribution in [1.82, 2.24) is 19.9 Å². The van der Waals surface area contributed by atoms with Gasteiger partial charge in [0.2, 0.25) is 0 Å². The maximum atomic E-state index is 12.7. The van der Waals surface area contributed by atoms with Gasteiger partial charge in [0.05, 0.1) is 5.39 Å². The standard InChI is InChI=1S/C18H19N5O/c1-13-4-2-3-5-14(13)18(24)23-10-8-22(9-11-23)17-15-6-7-19-16(15)20-12-21-17/h2-7,12H,8-11H2,1H3,(H,19,20,21). The van der Waals surface area contributed by atoms with Gasteiger partial charge in [-0.05, 0) is 24.6 Å². The molecule has 0 aliphatic carbocycles. The number of piperazine rings is 1. The number of aromatic amines is 1. The second-order valence-electron chi connectivity index (χ2n) is 6.03. The average Bonchev–Trinajstić information content (AvgIpc) is 3.10. The molecule has 0 atom stereocenters. The van der Waals surface area contributed by atoms with Crippen molar-refractivity contribution in [2.75, 3.05) is 31.1 Å². The van der Waals surface area contributed by atoms with Gasteiger partial charge in [-0.3, -0.25) is 4.79 Å². The number of amides is 1. The van der Waals surface area contributed by atoms with E-state index in [4.69, 9.17) is 0 Å². The Balaban J connectivity index is 1.50. The minimum Gasteiger partial charge on any atom is -0.352 e. The fourth-order valence-electron chi connectivity index (χ4n) is 3.22. The summed E-state index contributed by atoms with van der Waals surface area (Å²) in [6.45, 7) is 4.92. The number of aromatic nitrogens is 3. The van der Waals surface area contributed by atoms with Crippen molar-refractivity contribution in [1.29, 1.82) is 0 Å². The molecule has 0 radical (unpaired) electrons. The number of fused-ring (bicyclic) bond motifs is 1. The number of hydrogen-bond acceptors (Lipinski definition) is 4. The first-order valence-electron chi connectivity index (χ1n) is 8.12. The Morgan fingerprint density at radius 1 is 1.08 bits per heavy atom. The molecule has 1 fully saturated rings. The van der Waals surface area contributed by atoms with Crippen LogP contribution in [-0.2, 0) is 0 Å². The van der Waals surface area contributed by atoms with Gasteiger partial charge in [-0.2, -0.15) is 0 Å². The Morgan fingerprint density at radius 2 is 1.88 bits per heavy atom. The van der Waals surface area contributed by atoms with E-state index in [-0.39, 0.29) is 5.91 Å². The van der Waals surface area contributed by atoms with Gasteiger partial charge >= 0.3 is 0 Å². The van der Waals surface area contributed by atoms with Crippen molar-refractivity contribution < 1.29 is 4.79 Å². The third kappa shape index (κ3) is 2.50. The van der Waals surface area contributed by atoms with Crippen LogP contribution in [0.3, 0.4) is 0 Å². The highest BCUT2D eigenvalue weighted by Crippen LogP contribution is 2.23. The second kappa shape index (κ2) is 5.96. The van der Waals surface area contributed by atoms with E-state index in [1.54, 1.807) is 6.33 Å². The van der Waals surface area contributed by atoms with Crippen LogP contribution in [0.5, 0.6) is 0 Å². The lowest BCUT2D eigenvalue weighted by Crippen LogP contribution is -2.49. The van der Waals surface area contributed by atoms with Crippen LogP contribution in [0.1, 0.15) is 15.9 Å². The zero-order chi connectivity index (χ0) is 16.5. The molecule has 1 N–H and O–H groups in total. The van der Waals surface area contributed by atoms with Crippen molar-refractivity contribution in [3.05, 3.63) is 54.0 Å². The molecule has 4 rings (SSSR count). The van der Waals surface area contributed by atoms with E-state index in [9.17, 15) is 4.79 Å². The number of nitrogens with one attached hydrogen (secondary N) is 1. The maximum absolute atomic E-state index is 12.7. The zero-order valence-corrected chi connectivity index (χ0v) is 13.6. The molecule has 122 valence electrons. The minimum absolute atomic E-state index is 0.113. The van der Waals surface area contributed by atoms with Crippen molar-refractivity contribution in [2.45, 2.75) is 6.92 Å². The number of rotatable bonds is 2. The summed E-state index contributed by atoms with van der Waals surface area (Å²) < 4.78 is 0. The van der Waals surface area contributed by atoms with Crippen LogP contribution < -0.4 is 4.90 Å². The van der Waals surface area contributed by atoms with Crippen LogP contribution in [0.15, 0.2) is 42.9 Å². The molecule has 0 unspecified atom stereocenters. The Hall–Kier alpha value is -2.89. The third-order valence-electron chi connectivity index (χ3n) is 4.57. The molecular formula is C18H19N5O. The number of anilines is 1. The SMILES string of the molecule is Cc1ccccc1C(=O)N1CCN(c2ncnc3[nH]ccc23)CC1. The molecule has 3 heterocycles. The quantitative estimate of drug-likeness (QED) is 0.786.